The van der Waals surface area contributed by atoms with E-state index in [9.17, 15) is 14.4 Å². The Morgan fingerprint density at radius 2 is 0.514 bits per heavy atom. The van der Waals surface area contributed by atoms with Crippen LogP contribution in [-0.4, -0.2) is 37.2 Å². The fourth-order valence-electron chi connectivity index (χ4n) is 9.89. The summed E-state index contributed by atoms with van der Waals surface area (Å²) in [4.78, 5) is 38.0. The number of hydrogen-bond acceptors (Lipinski definition) is 6. The summed E-state index contributed by atoms with van der Waals surface area (Å²) >= 11 is 0. The molecule has 0 aliphatic carbocycles. The fourth-order valence-corrected chi connectivity index (χ4v) is 9.89. The van der Waals surface area contributed by atoms with Gasteiger partial charge in [-0.1, -0.05) is 308 Å². The number of hydrogen-bond donors (Lipinski definition) is 0. The smallest absolute Gasteiger partial charge is 0.306 e. The SMILES string of the molecule is CCC/C=C\C/C=C\CCCCCCCC(=O)OC(COC(=O)CCCCCCCCCC)COC(=O)CCCCCCCCCCCCCCCCCCCCCCCCC/C=C\CCCCCCCCCC. The van der Waals surface area contributed by atoms with Crippen molar-refractivity contribution < 1.29 is 28.6 Å². The highest BCUT2D eigenvalue weighted by molar-refractivity contribution is 5.71. The molecular weight excluding hydrogens is 913 g/mol. The van der Waals surface area contributed by atoms with Gasteiger partial charge in [0.25, 0.3) is 0 Å². The van der Waals surface area contributed by atoms with Crippen LogP contribution in [0.4, 0.5) is 0 Å². The normalized spacial score (nSPS) is 12.2. The van der Waals surface area contributed by atoms with Gasteiger partial charge in [-0.25, -0.2) is 0 Å². The second-order valence-corrected chi connectivity index (χ2v) is 22.4. The molecule has 0 amide bonds. The highest BCUT2D eigenvalue weighted by atomic mass is 16.6. The maximum absolute atomic E-state index is 12.8. The van der Waals surface area contributed by atoms with Crippen LogP contribution in [-0.2, 0) is 28.6 Å². The standard InChI is InChI=1S/C68H126O6/c1-4-7-10-13-16-19-21-23-24-25-26-27-28-29-30-31-32-33-34-35-36-37-38-39-40-41-42-43-44-46-47-49-52-55-58-61-67(70)73-64-65(63-72-66(69)60-57-54-51-18-15-12-9-6-3)74-68(71)62-59-56-53-50-48-45-22-20-17-14-11-8-5-2/h11,14,20,22,25-26,65H,4-10,12-13,15-19,21,23-24,27-64H2,1-3H3/b14-11-,22-20-,26-25-. The van der Waals surface area contributed by atoms with Crippen LogP contribution < -0.4 is 0 Å². The molecule has 0 aliphatic rings. The number of esters is 3. The number of ether oxygens (including phenoxy) is 3. The quantitative estimate of drug-likeness (QED) is 0.0261. The molecule has 0 saturated heterocycles. The Balaban J connectivity index is 3.91. The van der Waals surface area contributed by atoms with Gasteiger partial charge in [0.15, 0.2) is 6.10 Å². The molecule has 0 aromatic heterocycles. The second kappa shape index (κ2) is 63.2. The first kappa shape index (κ1) is 71.6. The highest BCUT2D eigenvalue weighted by Gasteiger charge is 2.19. The molecule has 0 fully saturated rings. The molecule has 0 bridgehead atoms. The van der Waals surface area contributed by atoms with Gasteiger partial charge < -0.3 is 14.2 Å². The number of allylic oxidation sites excluding steroid dienone is 6. The number of unbranched alkanes of at least 4 members (excludes halogenated alkanes) is 44. The van der Waals surface area contributed by atoms with Gasteiger partial charge in [-0.2, -0.15) is 0 Å². The Hall–Kier alpha value is -2.37. The largest absolute Gasteiger partial charge is 0.462 e. The topological polar surface area (TPSA) is 78.9 Å². The zero-order valence-corrected chi connectivity index (χ0v) is 49.9. The molecule has 0 heterocycles. The van der Waals surface area contributed by atoms with Gasteiger partial charge in [0.05, 0.1) is 0 Å². The summed E-state index contributed by atoms with van der Waals surface area (Å²) in [6.45, 7) is 6.58. The molecule has 1 atom stereocenters. The average molecular weight is 1040 g/mol. The van der Waals surface area contributed by atoms with E-state index >= 15 is 0 Å². The van der Waals surface area contributed by atoms with Crippen molar-refractivity contribution in [2.75, 3.05) is 13.2 Å². The third-order valence-electron chi connectivity index (χ3n) is 14.8. The van der Waals surface area contributed by atoms with E-state index in [1.165, 1.54) is 231 Å². The zero-order valence-electron chi connectivity index (χ0n) is 49.9. The van der Waals surface area contributed by atoms with E-state index in [0.29, 0.717) is 19.3 Å². The van der Waals surface area contributed by atoms with Gasteiger partial charge in [-0.3, -0.25) is 14.4 Å². The molecule has 74 heavy (non-hydrogen) atoms. The molecule has 0 radical (unpaired) electrons. The minimum Gasteiger partial charge on any atom is -0.462 e. The molecule has 1 unspecified atom stereocenters. The van der Waals surface area contributed by atoms with Crippen molar-refractivity contribution in [3.63, 3.8) is 0 Å². The summed E-state index contributed by atoms with van der Waals surface area (Å²) in [6.07, 6.45) is 77.8. The molecule has 0 N–H and O–H groups in total. The van der Waals surface area contributed by atoms with Crippen molar-refractivity contribution in [2.45, 2.75) is 367 Å². The monoisotopic (exact) mass is 1040 g/mol. The molecule has 0 aliphatic heterocycles. The number of rotatable bonds is 61. The Labute approximate surface area is 461 Å². The molecular formula is C68H126O6. The highest BCUT2D eigenvalue weighted by Crippen LogP contribution is 2.18. The molecule has 0 spiro atoms. The molecule has 6 heteroatoms. The van der Waals surface area contributed by atoms with Crippen molar-refractivity contribution in [2.24, 2.45) is 0 Å². The summed E-state index contributed by atoms with van der Waals surface area (Å²) in [7, 11) is 0. The van der Waals surface area contributed by atoms with E-state index in [1.807, 2.05) is 0 Å². The Morgan fingerprint density at radius 3 is 0.811 bits per heavy atom. The van der Waals surface area contributed by atoms with Gasteiger partial charge in [0.1, 0.15) is 13.2 Å². The van der Waals surface area contributed by atoms with Gasteiger partial charge in [-0.15, -0.1) is 0 Å². The van der Waals surface area contributed by atoms with Crippen molar-refractivity contribution in [3.8, 4) is 0 Å². The van der Waals surface area contributed by atoms with Gasteiger partial charge >= 0.3 is 17.9 Å². The van der Waals surface area contributed by atoms with E-state index in [2.05, 4.69) is 57.2 Å². The average Bonchev–Trinajstić information content (AvgIpc) is 3.40. The summed E-state index contributed by atoms with van der Waals surface area (Å²) in [5.74, 6) is -0.874. The van der Waals surface area contributed by atoms with Gasteiger partial charge in [0.2, 0.25) is 0 Å². The predicted molar refractivity (Wildman–Crippen MR) is 321 cm³/mol. The van der Waals surface area contributed by atoms with Crippen LogP contribution in [0.5, 0.6) is 0 Å². The summed E-state index contributed by atoms with van der Waals surface area (Å²) in [6, 6.07) is 0. The molecule has 0 saturated carbocycles. The Morgan fingerprint density at radius 1 is 0.270 bits per heavy atom. The summed E-state index contributed by atoms with van der Waals surface area (Å²) < 4.78 is 16.8. The molecule has 0 aromatic carbocycles. The minimum atomic E-state index is -0.774. The van der Waals surface area contributed by atoms with Crippen molar-refractivity contribution >= 4 is 17.9 Å². The molecule has 434 valence electrons. The first-order chi connectivity index (χ1) is 36.5. The van der Waals surface area contributed by atoms with Crippen LogP contribution in [0.25, 0.3) is 0 Å². The molecule has 6 nitrogen and oxygen atoms in total. The lowest BCUT2D eigenvalue weighted by molar-refractivity contribution is -0.167. The predicted octanol–water partition coefficient (Wildman–Crippen LogP) is 22.4. The lowest BCUT2D eigenvalue weighted by Crippen LogP contribution is -2.30. The van der Waals surface area contributed by atoms with Gasteiger partial charge in [0, 0.05) is 19.3 Å². The van der Waals surface area contributed by atoms with Gasteiger partial charge in [-0.05, 0) is 70.6 Å². The lowest BCUT2D eigenvalue weighted by atomic mass is 10.0. The van der Waals surface area contributed by atoms with Crippen molar-refractivity contribution in [3.05, 3.63) is 36.5 Å². The van der Waals surface area contributed by atoms with Crippen LogP contribution >= 0.6 is 0 Å². The Bertz CT molecular complexity index is 1240. The van der Waals surface area contributed by atoms with Crippen molar-refractivity contribution in [1.82, 2.24) is 0 Å². The zero-order chi connectivity index (χ0) is 53.6. The van der Waals surface area contributed by atoms with Crippen LogP contribution in [0.2, 0.25) is 0 Å². The minimum absolute atomic E-state index is 0.0734. The van der Waals surface area contributed by atoms with E-state index in [4.69, 9.17) is 14.2 Å². The maximum atomic E-state index is 12.8. The second-order valence-electron chi connectivity index (χ2n) is 22.4. The van der Waals surface area contributed by atoms with Crippen molar-refractivity contribution in [1.29, 1.82) is 0 Å². The maximum Gasteiger partial charge on any atom is 0.306 e. The number of carbonyl (C=O) groups is 3. The molecule has 0 aromatic rings. The van der Waals surface area contributed by atoms with E-state index in [0.717, 1.165) is 89.9 Å². The fraction of sp³-hybridized carbons (Fsp3) is 0.868. The summed E-state index contributed by atoms with van der Waals surface area (Å²) in [5, 5.41) is 0. The first-order valence-electron chi connectivity index (χ1n) is 33.0. The molecule has 0 rings (SSSR count). The van der Waals surface area contributed by atoms with Crippen LogP contribution in [0.1, 0.15) is 361 Å². The third kappa shape index (κ3) is 60.5. The first-order valence-corrected chi connectivity index (χ1v) is 33.0. The van der Waals surface area contributed by atoms with Crippen LogP contribution in [0, 0.1) is 0 Å². The van der Waals surface area contributed by atoms with E-state index < -0.39 is 6.10 Å². The number of carbonyl (C=O) groups excluding carboxylic acids is 3. The van der Waals surface area contributed by atoms with Crippen LogP contribution in [0.15, 0.2) is 36.5 Å². The third-order valence-corrected chi connectivity index (χ3v) is 14.8. The van der Waals surface area contributed by atoms with Crippen LogP contribution in [0.3, 0.4) is 0 Å². The van der Waals surface area contributed by atoms with E-state index in [1.54, 1.807) is 0 Å². The lowest BCUT2D eigenvalue weighted by Gasteiger charge is -2.18. The summed E-state index contributed by atoms with van der Waals surface area (Å²) in [5.41, 5.74) is 0. The van der Waals surface area contributed by atoms with E-state index in [-0.39, 0.29) is 31.1 Å². The Kier molecular flexibility index (Phi) is 61.1.